The summed E-state index contributed by atoms with van der Waals surface area (Å²) in [7, 11) is 0. The van der Waals surface area contributed by atoms with E-state index in [2.05, 4.69) is 31.2 Å². The van der Waals surface area contributed by atoms with Crippen LogP contribution in [-0.2, 0) is 0 Å². The van der Waals surface area contributed by atoms with Gasteiger partial charge < -0.3 is 0 Å². The predicted molar refractivity (Wildman–Crippen MR) is 73.7 cm³/mol. The maximum atomic E-state index is 11.9. The molecule has 2 heterocycles. The van der Waals surface area contributed by atoms with Gasteiger partial charge in [-0.3, -0.25) is 20.2 Å². The van der Waals surface area contributed by atoms with Crippen LogP contribution in [0.4, 0.5) is 10.1 Å². The number of amides is 1. The Balaban J connectivity index is 2.20. The normalized spacial score (nSPS) is 10.2. The number of hydrogen-bond acceptors (Lipinski definition) is 6. The minimum Gasteiger partial charge on any atom is -0.298 e. The first kappa shape index (κ1) is 13.8. The maximum Gasteiger partial charge on any atom is 0.345 e. The highest BCUT2D eigenvalue weighted by Gasteiger charge is 2.16. The van der Waals surface area contributed by atoms with Crippen molar-refractivity contribution < 1.29 is 9.72 Å². The largest absolute Gasteiger partial charge is 0.345 e. The zero-order valence-corrected chi connectivity index (χ0v) is 12.1. The molecule has 0 unspecified atom stereocenters. The van der Waals surface area contributed by atoms with Gasteiger partial charge in [0.15, 0.2) is 5.13 Å². The standard InChI is InChI=1S/C9H4BrClN4O3S/c10-4-1-5(7(11)12-2-4)8(16)14-9-13-3-6(19-9)15(17)18/h1-3H,(H,13,14,16). The quantitative estimate of drug-likeness (QED) is 0.513. The van der Waals surface area contributed by atoms with E-state index < -0.39 is 10.8 Å². The van der Waals surface area contributed by atoms with E-state index in [-0.39, 0.29) is 20.8 Å². The minimum atomic E-state index is -0.582. The highest BCUT2D eigenvalue weighted by atomic mass is 79.9. The first-order valence-corrected chi connectivity index (χ1v) is 6.68. The van der Waals surface area contributed by atoms with Gasteiger partial charge in [0.05, 0.1) is 10.5 Å². The smallest absolute Gasteiger partial charge is 0.298 e. The van der Waals surface area contributed by atoms with Gasteiger partial charge in [0.1, 0.15) is 11.3 Å². The van der Waals surface area contributed by atoms with E-state index in [4.69, 9.17) is 11.6 Å². The van der Waals surface area contributed by atoms with Gasteiger partial charge >= 0.3 is 5.00 Å². The molecule has 0 aromatic carbocycles. The van der Waals surface area contributed by atoms with Crippen LogP contribution >= 0.6 is 38.9 Å². The molecular weight excluding hydrogens is 360 g/mol. The highest BCUT2D eigenvalue weighted by molar-refractivity contribution is 9.10. The molecule has 0 saturated carbocycles. The first-order valence-electron chi connectivity index (χ1n) is 4.70. The molecule has 2 rings (SSSR count). The van der Waals surface area contributed by atoms with E-state index in [1.165, 1.54) is 12.3 Å². The molecule has 0 radical (unpaired) electrons. The third kappa shape index (κ3) is 3.25. The molecule has 1 amide bonds. The molecule has 0 aliphatic heterocycles. The number of nitro groups is 1. The van der Waals surface area contributed by atoms with Crippen molar-refractivity contribution in [2.75, 3.05) is 5.32 Å². The number of nitrogens with zero attached hydrogens (tertiary/aromatic N) is 3. The summed E-state index contributed by atoms with van der Waals surface area (Å²) >= 11 is 9.72. The fourth-order valence-electron chi connectivity index (χ4n) is 1.15. The van der Waals surface area contributed by atoms with Crippen LogP contribution < -0.4 is 5.32 Å². The van der Waals surface area contributed by atoms with E-state index >= 15 is 0 Å². The van der Waals surface area contributed by atoms with Crippen LogP contribution in [0.15, 0.2) is 22.9 Å². The molecule has 10 heteroatoms. The Bertz CT molecular complexity index is 663. The molecule has 19 heavy (non-hydrogen) atoms. The number of halogens is 2. The lowest BCUT2D eigenvalue weighted by atomic mass is 10.3. The number of anilines is 1. The van der Waals surface area contributed by atoms with Crippen molar-refractivity contribution >= 4 is 54.9 Å². The van der Waals surface area contributed by atoms with Gasteiger partial charge in [-0.2, -0.15) is 0 Å². The molecule has 0 spiro atoms. The lowest BCUT2D eigenvalue weighted by Gasteiger charge is -2.03. The second-order valence-corrected chi connectivity index (χ2v) is 5.49. The number of nitrogens with one attached hydrogen (secondary N) is 1. The van der Waals surface area contributed by atoms with Crippen molar-refractivity contribution in [3.8, 4) is 0 Å². The van der Waals surface area contributed by atoms with E-state index in [1.54, 1.807) is 0 Å². The molecule has 0 saturated heterocycles. The zero-order valence-electron chi connectivity index (χ0n) is 8.96. The molecule has 1 N–H and O–H groups in total. The molecular formula is C9H4BrClN4O3S. The maximum absolute atomic E-state index is 11.9. The summed E-state index contributed by atoms with van der Waals surface area (Å²) in [5.74, 6) is -0.539. The number of hydrogen-bond donors (Lipinski definition) is 1. The Labute approximate surface area is 123 Å². The number of aromatic nitrogens is 2. The third-order valence-electron chi connectivity index (χ3n) is 1.94. The summed E-state index contributed by atoms with van der Waals surface area (Å²) in [5, 5.41) is 12.9. The lowest BCUT2D eigenvalue weighted by Crippen LogP contribution is -2.12. The summed E-state index contributed by atoms with van der Waals surface area (Å²) in [6, 6.07) is 1.49. The Morgan fingerprint density at radius 3 is 2.84 bits per heavy atom. The molecule has 2 aromatic rings. The number of carbonyl (C=O) groups excluding carboxylic acids is 1. The minimum absolute atomic E-state index is 0.0340. The third-order valence-corrected chi connectivity index (χ3v) is 3.54. The SMILES string of the molecule is O=C(Nc1ncc([N+](=O)[O-])s1)c1cc(Br)cnc1Cl. The van der Waals surface area contributed by atoms with Crippen molar-refractivity contribution in [2.24, 2.45) is 0 Å². The predicted octanol–water partition coefficient (Wildman–Crippen LogP) is 3.11. The number of rotatable bonds is 3. The molecule has 0 aliphatic carbocycles. The number of carbonyl (C=O) groups is 1. The number of thiazole rings is 1. The van der Waals surface area contributed by atoms with Gasteiger partial charge in [0.25, 0.3) is 5.91 Å². The fraction of sp³-hybridized carbons (Fsp3) is 0. The van der Waals surface area contributed by atoms with Crippen LogP contribution in [-0.4, -0.2) is 20.8 Å². The van der Waals surface area contributed by atoms with Crippen LogP contribution in [0.25, 0.3) is 0 Å². The van der Waals surface area contributed by atoms with Crippen molar-refractivity contribution in [1.82, 2.24) is 9.97 Å². The van der Waals surface area contributed by atoms with Gasteiger partial charge in [-0.15, -0.1) is 0 Å². The summed E-state index contributed by atoms with van der Waals surface area (Å²) in [6.45, 7) is 0. The van der Waals surface area contributed by atoms with Gasteiger partial charge in [-0.25, -0.2) is 9.97 Å². The Morgan fingerprint density at radius 1 is 1.47 bits per heavy atom. The van der Waals surface area contributed by atoms with Gasteiger partial charge in [-0.05, 0) is 33.3 Å². The Hall–Kier alpha value is -1.58. The first-order chi connectivity index (χ1) is 8.97. The second kappa shape index (κ2) is 5.59. The van der Waals surface area contributed by atoms with E-state index in [9.17, 15) is 14.9 Å². The zero-order chi connectivity index (χ0) is 14.0. The van der Waals surface area contributed by atoms with Gasteiger partial charge in [-0.1, -0.05) is 11.6 Å². The Kier molecular flexibility index (Phi) is 4.08. The van der Waals surface area contributed by atoms with Crippen molar-refractivity contribution in [3.63, 3.8) is 0 Å². The summed E-state index contributed by atoms with van der Waals surface area (Å²) in [4.78, 5) is 29.4. The molecule has 0 bridgehead atoms. The monoisotopic (exact) mass is 362 g/mol. The average Bonchev–Trinajstić information content (AvgIpc) is 2.80. The van der Waals surface area contributed by atoms with Crippen molar-refractivity contribution in [1.29, 1.82) is 0 Å². The lowest BCUT2D eigenvalue weighted by molar-refractivity contribution is -0.380. The van der Waals surface area contributed by atoms with Crippen LogP contribution in [0.1, 0.15) is 10.4 Å². The van der Waals surface area contributed by atoms with Crippen LogP contribution in [0.3, 0.4) is 0 Å². The van der Waals surface area contributed by atoms with E-state index in [1.807, 2.05) is 0 Å². The van der Waals surface area contributed by atoms with Crippen LogP contribution in [0.5, 0.6) is 0 Å². The van der Waals surface area contributed by atoms with Crippen LogP contribution in [0, 0.1) is 10.1 Å². The molecule has 0 fully saturated rings. The molecule has 7 nitrogen and oxygen atoms in total. The summed E-state index contributed by atoms with van der Waals surface area (Å²) in [6.07, 6.45) is 2.52. The van der Waals surface area contributed by atoms with Crippen LogP contribution in [0.2, 0.25) is 5.15 Å². The molecule has 98 valence electrons. The van der Waals surface area contributed by atoms with Crippen molar-refractivity contribution in [2.45, 2.75) is 0 Å². The summed E-state index contributed by atoms with van der Waals surface area (Å²) in [5.41, 5.74) is 0.147. The topological polar surface area (TPSA) is 98.0 Å². The highest BCUT2D eigenvalue weighted by Crippen LogP contribution is 2.26. The molecule has 0 atom stereocenters. The average molecular weight is 364 g/mol. The summed E-state index contributed by atoms with van der Waals surface area (Å²) < 4.78 is 0.590. The van der Waals surface area contributed by atoms with Gasteiger partial charge in [0, 0.05) is 10.7 Å². The molecule has 2 aromatic heterocycles. The van der Waals surface area contributed by atoms with Crippen molar-refractivity contribution in [3.05, 3.63) is 43.8 Å². The fourth-order valence-corrected chi connectivity index (χ4v) is 2.30. The second-order valence-electron chi connectivity index (χ2n) is 3.21. The molecule has 0 aliphatic rings. The number of pyridine rings is 1. The van der Waals surface area contributed by atoms with E-state index in [0.717, 1.165) is 17.5 Å². The van der Waals surface area contributed by atoms with E-state index in [0.29, 0.717) is 4.47 Å². The van der Waals surface area contributed by atoms with Gasteiger partial charge in [0.2, 0.25) is 0 Å². The Morgan fingerprint density at radius 2 is 2.21 bits per heavy atom.